The summed E-state index contributed by atoms with van der Waals surface area (Å²) in [5, 5.41) is 8.05. The number of sulfone groups is 1. The van der Waals surface area contributed by atoms with Crippen molar-refractivity contribution in [3.05, 3.63) is 23.5 Å². The summed E-state index contributed by atoms with van der Waals surface area (Å²) in [6.45, 7) is 0. The van der Waals surface area contributed by atoms with E-state index in [0.717, 1.165) is 12.6 Å². The van der Waals surface area contributed by atoms with E-state index in [1.165, 1.54) is 6.07 Å². The molecule has 0 bridgehead atoms. The number of pyridine rings is 1. The van der Waals surface area contributed by atoms with E-state index >= 15 is 0 Å². The lowest BCUT2D eigenvalue weighted by Gasteiger charge is -2.23. The zero-order valence-electron chi connectivity index (χ0n) is 11.0. The van der Waals surface area contributed by atoms with Crippen LogP contribution in [-0.2, 0) is 16.0 Å². The Hall–Kier alpha value is -1.62. The number of aromatic nitrogens is 1. The fourth-order valence-corrected chi connectivity index (χ4v) is 4.73. The number of alkyl halides is 3. The Morgan fingerprint density at radius 2 is 1.86 bits per heavy atom. The van der Waals surface area contributed by atoms with Crippen LogP contribution in [0.25, 0.3) is 0 Å². The van der Waals surface area contributed by atoms with Crippen molar-refractivity contribution in [3.63, 3.8) is 0 Å². The van der Waals surface area contributed by atoms with E-state index in [1.807, 2.05) is 0 Å². The van der Waals surface area contributed by atoms with Crippen LogP contribution in [-0.4, -0.2) is 18.7 Å². The van der Waals surface area contributed by atoms with Crippen LogP contribution in [0.5, 0.6) is 0 Å². The lowest BCUT2D eigenvalue weighted by Crippen LogP contribution is -2.27. The standard InChI is InChI=1S/C13H13F3N2O2S/c14-13(15,16)10-6-7-18-11(8-17)12(10)21(19,20)9-4-2-1-3-5-9/h6-7,9H,1-5H2. The number of halogens is 3. The molecule has 1 saturated carbocycles. The first-order valence-electron chi connectivity index (χ1n) is 6.48. The molecule has 1 aromatic rings. The molecule has 1 aliphatic rings. The normalized spacial score (nSPS) is 17.4. The summed E-state index contributed by atoms with van der Waals surface area (Å²) in [5.74, 6) is 0. The van der Waals surface area contributed by atoms with Crippen molar-refractivity contribution in [3.8, 4) is 6.07 Å². The molecule has 4 nitrogen and oxygen atoms in total. The molecule has 1 aromatic heterocycles. The first kappa shape index (κ1) is 15.8. The van der Waals surface area contributed by atoms with Gasteiger partial charge in [-0.15, -0.1) is 0 Å². The van der Waals surface area contributed by atoms with Crippen molar-refractivity contribution >= 4 is 9.84 Å². The van der Waals surface area contributed by atoms with Crippen LogP contribution in [0.1, 0.15) is 43.4 Å². The Balaban J connectivity index is 2.64. The van der Waals surface area contributed by atoms with Gasteiger partial charge in [-0.25, -0.2) is 13.4 Å². The molecule has 1 fully saturated rings. The first-order chi connectivity index (χ1) is 9.78. The van der Waals surface area contributed by atoms with Crippen molar-refractivity contribution in [1.82, 2.24) is 4.98 Å². The quantitative estimate of drug-likeness (QED) is 0.840. The zero-order valence-corrected chi connectivity index (χ0v) is 11.8. The third kappa shape index (κ3) is 3.02. The monoisotopic (exact) mass is 318 g/mol. The lowest BCUT2D eigenvalue weighted by atomic mass is 10.0. The third-order valence-electron chi connectivity index (χ3n) is 3.59. The summed E-state index contributed by atoms with van der Waals surface area (Å²) < 4.78 is 64.3. The van der Waals surface area contributed by atoms with Gasteiger partial charge in [0.15, 0.2) is 15.5 Å². The molecule has 0 radical (unpaired) electrons. The number of rotatable bonds is 2. The first-order valence-corrected chi connectivity index (χ1v) is 8.03. The molecule has 2 rings (SSSR count). The maximum Gasteiger partial charge on any atom is 0.417 e. The van der Waals surface area contributed by atoms with Gasteiger partial charge >= 0.3 is 6.18 Å². The molecule has 0 aromatic carbocycles. The molecule has 114 valence electrons. The van der Waals surface area contributed by atoms with Gasteiger partial charge in [-0.3, -0.25) is 0 Å². The molecular weight excluding hydrogens is 305 g/mol. The van der Waals surface area contributed by atoms with Gasteiger partial charge in [0.25, 0.3) is 0 Å². The van der Waals surface area contributed by atoms with Gasteiger partial charge in [0.1, 0.15) is 11.0 Å². The number of hydrogen-bond acceptors (Lipinski definition) is 4. The van der Waals surface area contributed by atoms with Crippen molar-refractivity contribution in [2.45, 2.75) is 48.4 Å². The van der Waals surface area contributed by atoms with E-state index in [-0.39, 0.29) is 0 Å². The van der Waals surface area contributed by atoms with Gasteiger partial charge in [0.05, 0.1) is 10.8 Å². The molecule has 0 spiro atoms. The SMILES string of the molecule is N#Cc1nccc(C(F)(F)F)c1S(=O)(=O)C1CCCCC1. The van der Waals surface area contributed by atoms with Crippen LogP contribution >= 0.6 is 0 Å². The van der Waals surface area contributed by atoms with E-state index in [9.17, 15) is 21.6 Å². The Morgan fingerprint density at radius 1 is 1.24 bits per heavy atom. The molecular formula is C13H13F3N2O2S. The van der Waals surface area contributed by atoms with E-state index in [4.69, 9.17) is 5.26 Å². The zero-order chi connectivity index (χ0) is 15.7. The Labute approximate surface area is 120 Å². The lowest BCUT2D eigenvalue weighted by molar-refractivity contribution is -0.140. The van der Waals surface area contributed by atoms with Gasteiger partial charge in [0, 0.05) is 6.20 Å². The summed E-state index contributed by atoms with van der Waals surface area (Å²) in [7, 11) is -4.22. The van der Waals surface area contributed by atoms with Crippen molar-refractivity contribution in [1.29, 1.82) is 5.26 Å². The molecule has 0 atom stereocenters. The van der Waals surface area contributed by atoms with E-state index in [2.05, 4.69) is 4.98 Å². The van der Waals surface area contributed by atoms with Crippen LogP contribution in [0.15, 0.2) is 17.2 Å². The van der Waals surface area contributed by atoms with E-state index in [0.29, 0.717) is 31.7 Å². The molecule has 0 aliphatic heterocycles. The average Bonchev–Trinajstić information content (AvgIpc) is 2.46. The van der Waals surface area contributed by atoms with Gasteiger partial charge in [-0.1, -0.05) is 19.3 Å². The second kappa shape index (κ2) is 5.64. The third-order valence-corrected chi connectivity index (χ3v) is 5.92. The minimum atomic E-state index is -4.84. The average molecular weight is 318 g/mol. The largest absolute Gasteiger partial charge is 0.417 e. The Kier molecular flexibility index (Phi) is 4.23. The predicted molar refractivity (Wildman–Crippen MR) is 68.0 cm³/mol. The number of nitriles is 1. The van der Waals surface area contributed by atoms with Crippen molar-refractivity contribution in [2.24, 2.45) is 0 Å². The predicted octanol–water partition coefficient (Wildman–Crippen LogP) is 3.08. The van der Waals surface area contributed by atoms with Gasteiger partial charge in [-0.2, -0.15) is 18.4 Å². The highest BCUT2D eigenvalue weighted by Crippen LogP contribution is 2.38. The van der Waals surface area contributed by atoms with E-state index < -0.39 is 37.4 Å². The Bertz CT molecular complexity index is 672. The highest BCUT2D eigenvalue weighted by atomic mass is 32.2. The minimum absolute atomic E-state index is 0.319. The maximum absolute atomic E-state index is 13.1. The van der Waals surface area contributed by atoms with Crippen LogP contribution in [0, 0.1) is 11.3 Å². The molecule has 8 heteroatoms. The number of nitrogens with zero attached hydrogens (tertiary/aromatic N) is 2. The summed E-state index contributed by atoms with van der Waals surface area (Å²) in [6.07, 6.45) is -1.21. The molecule has 0 N–H and O–H groups in total. The number of hydrogen-bond donors (Lipinski definition) is 0. The van der Waals surface area contributed by atoms with Crippen LogP contribution in [0.2, 0.25) is 0 Å². The molecule has 0 saturated heterocycles. The maximum atomic E-state index is 13.1. The Morgan fingerprint density at radius 3 is 2.38 bits per heavy atom. The summed E-state index contributed by atoms with van der Waals surface area (Å²) in [5.41, 5.74) is -1.99. The minimum Gasteiger partial charge on any atom is -0.244 e. The summed E-state index contributed by atoms with van der Waals surface area (Å²) in [6, 6.07) is 2.07. The molecule has 1 heterocycles. The van der Waals surface area contributed by atoms with Gasteiger partial charge < -0.3 is 0 Å². The van der Waals surface area contributed by atoms with Crippen LogP contribution in [0.3, 0.4) is 0 Å². The fraction of sp³-hybridized carbons (Fsp3) is 0.538. The highest BCUT2D eigenvalue weighted by Gasteiger charge is 2.42. The fourth-order valence-electron chi connectivity index (χ4n) is 2.58. The molecule has 21 heavy (non-hydrogen) atoms. The van der Waals surface area contributed by atoms with Crippen molar-refractivity contribution in [2.75, 3.05) is 0 Å². The molecule has 0 amide bonds. The second-order valence-electron chi connectivity index (χ2n) is 4.95. The van der Waals surface area contributed by atoms with Gasteiger partial charge in [0.2, 0.25) is 0 Å². The smallest absolute Gasteiger partial charge is 0.244 e. The highest BCUT2D eigenvalue weighted by molar-refractivity contribution is 7.92. The molecule has 0 unspecified atom stereocenters. The van der Waals surface area contributed by atoms with E-state index in [1.54, 1.807) is 0 Å². The second-order valence-corrected chi connectivity index (χ2v) is 7.12. The van der Waals surface area contributed by atoms with Crippen LogP contribution in [0.4, 0.5) is 13.2 Å². The van der Waals surface area contributed by atoms with Crippen LogP contribution < -0.4 is 0 Å². The topological polar surface area (TPSA) is 70.8 Å². The summed E-state index contributed by atoms with van der Waals surface area (Å²) >= 11 is 0. The van der Waals surface area contributed by atoms with Gasteiger partial charge in [-0.05, 0) is 18.9 Å². The van der Waals surface area contributed by atoms with Crippen molar-refractivity contribution < 1.29 is 21.6 Å². The summed E-state index contributed by atoms with van der Waals surface area (Å²) in [4.78, 5) is 2.53. The molecule has 1 aliphatic carbocycles.